The molecule has 0 radical (unpaired) electrons. The van der Waals surface area contributed by atoms with Crippen molar-refractivity contribution >= 4 is 12.0 Å². The van der Waals surface area contributed by atoms with Crippen molar-refractivity contribution in [3.05, 3.63) is 29.7 Å². The maximum atomic E-state index is 10.7. The van der Waals surface area contributed by atoms with E-state index < -0.39 is 5.97 Å². The van der Waals surface area contributed by atoms with Gasteiger partial charge in [0.25, 0.3) is 0 Å². The van der Waals surface area contributed by atoms with Gasteiger partial charge in [0, 0.05) is 5.57 Å². The van der Waals surface area contributed by atoms with Crippen molar-refractivity contribution in [2.45, 2.75) is 19.8 Å². The molecule has 1 aromatic heterocycles. The fourth-order valence-corrected chi connectivity index (χ4v) is 1.06. The summed E-state index contributed by atoms with van der Waals surface area (Å²) in [6.07, 6.45) is 4.47. The molecule has 0 unspecified atom stereocenters. The Labute approximate surface area is 76.7 Å². The molecule has 13 heavy (non-hydrogen) atoms. The van der Waals surface area contributed by atoms with E-state index in [-0.39, 0.29) is 0 Å². The van der Waals surface area contributed by atoms with E-state index in [9.17, 15) is 4.79 Å². The number of hydrogen-bond acceptors (Lipinski definition) is 2. The van der Waals surface area contributed by atoms with Gasteiger partial charge in [-0.2, -0.15) is 0 Å². The lowest BCUT2D eigenvalue weighted by molar-refractivity contribution is -0.132. The molecular formula is C10H12O3. The van der Waals surface area contributed by atoms with E-state index in [1.807, 2.05) is 6.92 Å². The van der Waals surface area contributed by atoms with E-state index >= 15 is 0 Å². The Kier molecular flexibility index (Phi) is 3.31. The van der Waals surface area contributed by atoms with Crippen molar-refractivity contribution in [3.8, 4) is 0 Å². The Morgan fingerprint density at radius 1 is 1.69 bits per heavy atom. The molecule has 1 aromatic rings. The number of carboxylic acid groups (broad SMARTS) is 1. The van der Waals surface area contributed by atoms with Crippen LogP contribution in [-0.4, -0.2) is 11.1 Å². The molecule has 0 spiro atoms. The van der Waals surface area contributed by atoms with Gasteiger partial charge in [0.15, 0.2) is 0 Å². The topological polar surface area (TPSA) is 50.4 Å². The highest BCUT2D eigenvalue weighted by atomic mass is 16.4. The minimum absolute atomic E-state index is 0.387. The Bertz CT molecular complexity index is 296. The number of carboxylic acids is 1. The summed E-state index contributed by atoms with van der Waals surface area (Å²) in [5.41, 5.74) is 0.387. The molecule has 0 saturated heterocycles. The predicted octanol–water partition coefficient (Wildman–Crippen LogP) is 2.55. The quantitative estimate of drug-likeness (QED) is 0.724. The smallest absolute Gasteiger partial charge is 0.331 e. The molecule has 0 saturated carbocycles. The highest BCUT2D eigenvalue weighted by Crippen LogP contribution is 2.12. The van der Waals surface area contributed by atoms with Crippen molar-refractivity contribution in [2.75, 3.05) is 0 Å². The summed E-state index contributed by atoms with van der Waals surface area (Å²) in [5.74, 6) is -0.288. The third-order valence-electron chi connectivity index (χ3n) is 1.65. The third kappa shape index (κ3) is 2.78. The Morgan fingerprint density at radius 2 is 2.46 bits per heavy atom. The minimum atomic E-state index is -0.877. The average molecular weight is 180 g/mol. The molecule has 70 valence electrons. The molecule has 0 aliphatic heterocycles. The second kappa shape index (κ2) is 4.50. The maximum Gasteiger partial charge on any atom is 0.331 e. The van der Waals surface area contributed by atoms with Gasteiger partial charge >= 0.3 is 5.97 Å². The second-order valence-electron chi connectivity index (χ2n) is 2.74. The number of hydrogen-bond donors (Lipinski definition) is 1. The van der Waals surface area contributed by atoms with E-state index in [0.717, 1.165) is 6.42 Å². The maximum absolute atomic E-state index is 10.7. The number of rotatable bonds is 4. The molecule has 0 amide bonds. The largest absolute Gasteiger partial charge is 0.478 e. The van der Waals surface area contributed by atoms with Crippen LogP contribution in [0.1, 0.15) is 25.5 Å². The normalized spacial score (nSPS) is 11.6. The zero-order valence-corrected chi connectivity index (χ0v) is 7.49. The number of aliphatic carboxylic acids is 1. The third-order valence-corrected chi connectivity index (χ3v) is 1.65. The van der Waals surface area contributed by atoms with E-state index in [4.69, 9.17) is 9.52 Å². The molecule has 0 atom stereocenters. The van der Waals surface area contributed by atoms with Gasteiger partial charge in [-0.05, 0) is 24.6 Å². The van der Waals surface area contributed by atoms with Gasteiger partial charge in [-0.1, -0.05) is 13.3 Å². The molecule has 0 bridgehead atoms. The van der Waals surface area contributed by atoms with Crippen LogP contribution in [-0.2, 0) is 4.79 Å². The van der Waals surface area contributed by atoms with Gasteiger partial charge in [-0.25, -0.2) is 4.79 Å². The van der Waals surface area contributed by atoms with E-state index in [1.54, 1.807) is 18.2 Å². The standard InChI is InChI=1S/C10H12O3/c1-2-4-8(10(11)12)7-9-5-3-6-13-9/h3,5-7H,2,4H2,1H3,(H,11,12)/b8-7+. The summed E-state index contributed by atoms with van der Waals surface area (Å²) >= 11 is 0. The van der Waals surface area contributed by atoms with Crippen LogP contribution in [0.15, 0.2) is 28.4 Å². The first kappa shape index (κ1) is 9.58. The van der Waals surface area contributed by atoms with Crippen LogP contribution in [0.2, 0.25) is 0 Å². The Hall–Kier alpha value is -1.51. The SMILES string of the molecule is CCC/C(=C\c1ccco1)C(=O)O. The summed E-state index contributed by atoms with van der Waals surface area (Å²) in [6, 6.07) is 3.47. The second-order valence-corrected chi connectivity index (χ2v) is 2.74. The van der Waals surface area contributed by atoms with Crippen LogP contribution in [0.5, 0.6) is 0 Å². The molecule has 0 aliphatic rings. The molecule has 1 heterocycles. The first-order valence-electron chi connectivity index (χ1n) is 4.21. The summed E-state index contributed by atoms with van der Waals surface area (Å²) in [5, 5.41) is 8.79. The average Bonchev–Trinajstić information content (AvgIpc) is 2.56. The first-order chi connectivity index (χ1) is 6.24. The summed E-state index contributed by atoms with van der Waals surface area (Å²) in [4.78, 5) is 10.7. The van der Waals surface area contributed by atoms with Crippen molar-refractivity contribution in [1.82, 2.24) is 0 Å². The van der Waals surface area contributed by atoms with Gasteiger partial charge in [-0.3, -0.25) is 0 Å². The lowest BCUT2D eigenvalue weighted by Crippen LogP contribution is -1.99. The van der Waals surface area contributed by atoms with Gasteiger partial charge in [0.2, 0.25) is 0 Å². The molecular weight excluding hydrogens is 168 g/mol. The molecule has 0 fully saturated rings. The van der Waals surface area contributed by atoms with Crippen LogP contribution >= 0.6 is 0 Å². The van der Waals surface area contributed by atoms with Crippen LogP contribution in [0.25, 0.3) is 6.08 Å². The fraction of sp³-hybridized carbons (Fsp3) is 0.300. The van der Waals surface area contributed by atoms with Crippen molar-refractivity contribution in [3.63, 3.8) is 0 Å². The fourth-order valence-electron chi connectivity index (χ4n) is 1.06. The Morgan fingerprint density at radius 3 is 2.92 bits per heavy atom. The van der Waals surface area contributed by atoms with Crippen LogP contribution in [0.3, 0.4) is 0 Å². The Balaban J connectivity index is 2.80. The van der Waals surface area contributed by atoms with Gasteiger partial charge < -0.3 is 9.52 Å². The van der Waals surface area contributed by atoms with E-state index in [0.29, 0.717) is 17.8 Å². The highest BCUT2D eigenvalue weighted by Gasteiger charge is 2.06. The molecule has 0 aromatic carbocycles. The van der Waals surface area contributed by atoms with Gasteiger partial charge in [0.1, 0.15) is 5.76 Å². The first-order valence-corrected chi connectivity index (χ1v) is 4.21. The molecule has 1 rings (SSSR count). The molecule has 3 heteroatoms. The monoisotopic (exact) mass is 180 g/mol. The molecule has 1 N–H and O–H groups in total. The highest BCUT2D eigenvalue weighted by molar-refractivity contribution is 5.91. The van der Waals surface area contributed by atoms with E-state index in [2.05, 4.69) is 0 Å². The van der Waals surface area contributed by atoms with Crippen LogP contribution in [0, 0.1) is 0 Å². The van der Waals surface area contributed by atoms with Crippen molar-refractivity contribution < 1.29 is 14.3 Å². The van der Waals surface area contributed by atoms with Crippen molar-refractivity contribution in [2.24, 2.45) is 0 Å². The number of carbonyl (C=O) groups is 1. The van der Waals surface area contributed by atoms with Gasteiger partial charge in [-0.15, -0.1) is 0 Å². The summed E-state index contributed by atoms with van der Waals surface area (Å²) < 4.78 is 5.02. The lowest BCUT2D eigenvalue weighted by Gasteiger charge is -1.97. The summed E-state index contributed by atoms with van der Waals surface area (Å²) in [6.45, 7) is 1.94. The minimum Gasteiger partial charge on any atom is -0.478 e. The lowest BCUT2D eigenvalue weighted by atomic mass is 10.1. The zero-order chi connectivity index (χ0) is 9.68. The number of furan rings is 1. The van der Waals surface area contributed by atoms with Crippen LogP contribution < -0.4 is 0 Å². The van der Waals surface area contributed by atoms with E-state index in [1.165, 1.54) is 6.26 Å². The van der Waals surface area contributed by atoms with Crippen molar-refractivity contribution in [1.29, 1.82) is 0 Å². The predicted molar refractivity (Wildman–Crippen MR) is 49.2 cm³/mol. The zero-order valence-electron chi connectivity index (χ0n) is 7.49. The molecule has 3 nitrogen and oxygen atoms in total. The van der Waals surface area contributed by atoms with Gasteiger partial charge in [0.05, 0.1) is 6.26 Å². The van der Waals surface area contributed by atoms with Crippen LogP contribution in [0.4, 0.5) is 0 Å². The summed E-state index contributed by atoms with van der Waals surface area (Å²) in [7, 11) is 0. The molecule has 0 aliphatic carbocycles.